The molecule has 140 valence electrons. The second kappa shape index (κ2) is 8.94. The van der Waals surface area contributed by atoms with Crippen LogP contribution in [0, 0.1) is 0 Å². The molecule has 0 spiro atoms. The van der Waals surface area contributed by atoms with E-state index < -0.39 is 0 Å². The van der Waals surface area contributed by atoms with E-state index >= 15 is 0 Å². The van der Waals surface area contributed by atoms with Crippen LogP contribution < -0.4 is 19.5 Å². The van der Waals surface area contributed by atoms with Crippen molar-refractivity contribution in [2.45, 2.75) is 51.2 Å². The molecule has 6 heteroatoms. The van der Waals surface area contributed by atoms with E-state index in [0.29, 0.717) is 29.8 Å². The molecule has 0 aromatic heterocycles. The maximum absolute atomic E-state index is 12.5. The van der Waals surface area contributed by atoms with Crippen LogP contribution in [0.5, 0.6) is 17.2 Å². The zero-order chi connectivity index (χ0) is 18.4. The van der Waals surface area contributed by atoms with Gasteiger partial charge in [-0.15, -0.1) is 0 Å². The molecule has 0 unspecified atom stereocenters. The summed E-state index contributed by atoms with van der Waals surface area (Å²) in [6.07, 6.45) is 4.59. The fourth-order valence-corrected chi connectivity index (χ4v) is 3.29. The maximum atomic E-state index is 12.5. The lowest BCUT2D eigenvalue weighted by molar-refractivity contribution is -0.126. The molecular formula is C19H30N2O4. The van der Waals surface area contributed by atoms with Gasteiger partial charge in [-0.3, -0.25) is 9.69 Å². The van der Waals surface area contributed by atoms with Gasteiger partial charge in [0.15, 0.2) is 11.5 Å². The first-order chi connectivity index (χ1) is 12.0. The highest BCUT2D eigenvalue weighted by Crippen LogP contribution is 2.40. The number of nitrogens with zero attached hydrogens (tertiary/aromatic N) is 1. The number of likely N-dealkylation sites (N-methyl/N-ethyl adjacent to an activating group) is 1. The van der Waals surface area contributed by atoms with Gasteiger partial charge in [0, 0.05) is 18.2 Å². The third-order valence-electron chi connectivity index (χ3n) is 4.95. The number of methoxy groups -OCH3 is 3. The van der Waals surface area contributed by atoms with Crippen LogP contribution in [0.15, 0.2) is 12.1 Å². The molecule has 25 heavy (non-hydrogen) atoms. The molecule has 1 fully saturated rings. The minimum Gasteiger partial charge on any atom is -0.493 e. The molecule has 1 amide bonds. The van der Waals surface area contributed by atoms with Crippen molar-refractivity contribution in [1.29, 1.82) is 0 Å². The van der Waals surface area contributed by atoms with Crippen LogP contribution >= 0.6 is 0 Å². The Hall–Kier alpha value is -1.95. The summed E-state index contributed by atoms with van der Waals surface area (Å²) in [5.74, 6) is 1.91. The molecule has 6 nitrogen and oxygen atoms in total. The first kappa shape index (κ1) is 19.4. The summed E-state index contributed by atoms with van der Waals surface area (Å²) in [5.41, 5.74) is 0.947. The van der Waals surface area contributed by atoms with Gasteiger partial charge in [-0.2, -0.15) is 0 Å². The van der Waals surface area contributed by atoms with E-state index in [4.69, 9.17) is 14.2 Å². The van der Waals surface area contributed by atoms with Gasteiger partial charge in [0.1, 0.15) is 0 Å². The summed E-state index contributed by atoms with van der Waals surface area (Å²) in [7, 11) is 6.73. The quantitative estimate of drug-likeness (QED) is 0.781. The number of carbonyl (C=O) groups excluding carboxylic acids is 1. The molecule has 0 saturated heterocycles. The lowest BCUT2D eigenvalue weighted by Crippen LogP contribution is -2.46. The number of amides is 1. The molecular weight excluding hydrogens is 320 g/mol. The number of nitrogens with one attached hydrogen (secondary N) is 1. The van der Waals surface area contributed by atoms with Crippen molar-refractivity contribution in [2.24, 2.45) is 0 Å². The van der Waals surface area contributed by atoms with Crippen LogP contribution in [-0.2, 0) is 11.3 Å². The second-order valence-corrected chi connectivity index (χ2v) is 6.57. The molecule has 2 rings (SSSR count). The van der Waals surface area contributed by atoms with Crippen LogP contribution in [-0.4, -0.2) is 51.3 Å². The first-order valence-electron chi connectivity index (χ1n) is 8.80. The van der Waals surface area contributed by atoms with E-state index in [0.717, 1.165) is 18.4 Å². The zero-order valence-electron chi connectivity index (χ0n) is 15.9. The average Bonchev–Trinajstić information content (AvgIpc) is 3.13. The van der Waals surface area contributed by atoms with Crippen LogP contribution in [0.4, 0.5) is 0 Å². The summed E-state index contributed by atoms with van der Waals surface area (Å²) >= 11 is 0. The summed E-state index contributed by atoms with van der Waals surface area (Å²) in [5, 5.41) is 3.16. The highest BCUT2D eigenvalue weighted by molar-refractivity contribution is 5.81. The van der Waals surface area contributed by atoms with Crippen LogP contribution in [0.25, 0.3) is 0 Å². The number of benzene rings is 1. The van der Waals surface area contributed by atoms with Gasteiger partial charge >= 0.3 is 0 Å². The van der Waals surface area contributed by atoms with E-state index in [1.54, 1.807) is 21.3 Å². The van der Waals surface area contributed by atoms with Crippen molar-refractivity contribution in [2.75, 3.05) is 28.4 Å². The number of carbonyl (C=O) groups is 1. The van der Waals surface area contributed by atoms with Crippen molar-refractivity contribution in [3.8, 4) is 17.2 Å². The van der Waals surface area contributed by atoms with Gasteiger partial charge in [0.25, 0.3) is 0 Å². The molecule has 0 heterocycles. The average molecular weight is 350 g/mol. The van der Waals surface area contributed by atoms with E-state index in [1.165, 1.54) is 12.8 Å². The van der Waals surface area contributed by atoms with Gasteiger partial charge < -0.3 is 19.5 Å². The third kappa shape index (κ3) is 4.57. The Labute approximate surface area is 150 Å². The Morgan fingerprint density at radius 1 is 1.16 bits per heavy atom. The van der Waals surface area contributed by atoms with Crippen molar-refractivity contribution in [1.82, 2.24) is 10.2 Å². The molecule has 0 radical (unpaired) electrons. The Bertz CT molecular complexity index is 585. The minimum absolute atomic E-state index is 0.0776. The molecule has 1 aromatic carbocycles. The third-order valence-corrected chi connectivity index (χ3v) is 4.95. The number of rotatable bonds is 8. The molecule has 1 saturated carbocycles. The molecule has 1 atom stereocenters. The smallest absolute Gasteiger partial charge is 0.237 e. The molecule has 1 aromatic rings. The summed E-state index contributed by atoms with van der Waals surface area (Å²) in [4.78, 5) is 14.5. The first-order valence-corrected chi connectivity index (χ1v) is 8.80. The highest BCUT2D eigenvalue weighted by atomic mass is 16.5. The Morgan fingerprint density at radius 2 is 1.80 bits per heavy atom. The van der Waals surface area contributed by atoms with Gasteiger partial charge in [-0.25, -0.2) is 0 Å². The normalized spacial score (nSPS) is 15.9. The van der Waals surface area contributed by atoms with Crippen molar-refractivity contribution in [3.63, 3.8) is 0 Å². The maximum Gasteiger partial charge on any atom is 0.237 e. The van der Waals surface area contributed by atoms with Gasteiger partial charge in [0.05, 0.1) is 27.4 Å². The van der Waals surface area contributed by atoms with Crippen molar-refractivity contribution < 1.29 is 19.0 Å². The predicted molar refractivity (Wildman–Crippen MR) is 97.4 cm³/mol. The topological polar surface area (TPSA) is 60.0 Å². The zero-order valence-corrected chi connectivity index (χ0v) is 15.9. The molecule has 1 aliphatic rings. The molecule has 0 bridgehead atoms. The predicted octanol–water partition coefficient (Wildman–Crippen LogP) is 2.59. The van der Waals surface area contributed by atoms with Crippen molar-refractivity contribution in [3.05, 3.63) is 17.7 Å². The fraction of sp³-hybridized carbons (Fsp3) is 0.632. The summed E-state index contributed by atoms with van der Waals surface area (Å²) in [6, 6.07) is 3.91. The van der Waals surface area contributed by atoms with E-state index in [2.05, 4.69) is 5.32 Å². The lowest BCUT2D eigenvalue weighted by atomic mass is 10.1. The molecule has 1 aliphatic carbocycles. The molecule has 1 N–H and O–H groups in total. The van der Waals surface area contributed by atoms with Crippen LogP contribution in [0.2, 0.25) is 0 Å². The van der Waals surface area contributed by atoms with E-state index in [-0.39, 0.29) is 11.9 Å². The Morgan fingerprint density at radius 3 is 2.36 bits per heavy atom. The van der Waals surface area contributed by atoms with Crippen molar-refractivity contribution >= 4 is 5.91 Å². The van der Waals surface area contributed by atoms with Gasteiger partial charge in [-0.1, -0.05) is 18.9 Å². The van der Waals surface area contributed by atoms with Gasteiger partial charge in [0.2, 0.25) is 11.7 Å². The van der Waals surface area contributed by atoms with Crippen LogP contribution in [0.3, 0.4) is 0 Å². The Balaban J connectivity index is 2.08. The number of hydrogen-bond acceptors (Lipinski definition) is 5. The summed E-state index contributed by atoms with van der Waals surface area (Å²) < 4.78 is 16.3. The molecule has 0 aliphatic heterocycles. The Kier molecular flexibility index (Phi) is 6.93. The number of ether oxygens (including phenoxy) is 3. The lowest BCUT2D eigenvalue weighted by Gasteiger charge is -2.26. The minimum atomic E-state index is -0.224. The number of hydrogen-bond donors (Lipinski definition) is 1. The highest BCUT2D eigenvalue weighted by Gasteiger charge is 2.24. The van der Waals surface area contributed by atoms with E-state index in [1.807, 2.05) is 31.0 Å². The largest absolute Gasteiger partial charge is 0.493 e. The SMILES string of the molecule is COc1ccc(CN(C)[C@H](C)C(=O)NC2CCCC2)c(OC)c1OC. The second-order valence-electron chi connectivity index (χ2n) is 6.57. The fourth-order valence-electron chi connectivity index (χ4n) is 3.29. The van der Waals surface area contributed by atoms with Crippen LogP contribution in [0.1, 0.15) is 38.2 Å². The summed E-state index contributed by atoms with van der Waals surface area (Å²) in [6.45, 7) is 2.50. The standard InChI is InChI=1S/C19H30N2O4/c1-13(19(22)20-15-8-6-7-9-15)21(2)12-14-10-11-16(23-3)18(25-5)17(14)24-4/h10-11,13,15H,6-9,12H2,1-5H3,(H,20,22)/t13-/m1/s1. The van der Waals surface area contributed by atoms with Gasteiger partial charge in [-0.05, 0) is 32.9 Å². The van der Waals surface area contributed by atoms with E-state index in [9.17, 15) is 4.79 Å². The monoisotopic (exact) mass is 350 g/mol.